The maximum absolute atomic E-state index is 13.0. The zero-order chi connectivity index (χ0) is 24.8. The first kappa shape index (κ1) is 23.8. The van der Waals surface area contributed by atoms with Gasteiger partial charge >= 0.3 is 6.03 Å². The van der Waals surface area contributed by atoms with Crippen molar-refractivity contribution >= 4 is 23.4 Å². The maximum atomic E-state index is 13.0. The first-order chi connectivity index (χ1) is 17.0. The number of amides is 3. The van der Waals surface area contributed by atoms with E-state index in [1.54, 1.807) is 4.68 Å². The van der Waals surface area contributed by atoms with Crippen LogP contribution < -0.4 is 10.6 Å². The van der Waals surface area contributed by atoms with Crippen LogP contribution in [-0.2, 0) is 4.79 Å². The monoisotopic (exact) mass is 467 g/mol. The van der Waals surface area contributed by atoms with E-state index in [0.29, 0.717) is 12.4 Å². The average molecular weight is 468 g/mol. The molecule has 7 nitrogen and oxygen atoms in total. The quantitative estimate of drug-likeness (QED) is 0.369. The van der Waals surface area contributed by atoms with Gasteiger partial charge in [0.1, 0.15) is 12.4 Å². The number of nitrogens with one attached hydrogen (secondary N) is 2. The van der Waals surface area contributed by atoms with Crippen LogP contribution in [0.2, 0.25) is 0 Å². The maximum Gasteiger partial charge on any atom is 0.322 e. The van der Waals surface area contributed by atoms with Gasteiger partial charge in [-0.2, -0.15) is 5.10 Å². The summed E-state index contributed by atoms with van der Waals surface area (Å²) in [5.41, 5.74) is 5.22. The molecule has 2 N–H and O–H groups in total. The number of para-hydroxylation sites is 2. The van der Waals surface area contributed by atoms with Gasteiger partial charge in [0.2, 0.25) is 5.91 Å². The molecule has 4 aromatic rings. The van der Waals surface area contributed by atoms with E-state index in [2.05, 4.69) is 10.6 Å². The fraction of sp³-hybridized carbons (Fsp3) is 0.179. The topological polar surface area (TPSA) is 79.3 Å². The van der Waals surface area contributed by atoms with Gasteiger partial charge in [0.15, 0.2) is 0 Å². The van der Waals surface area contributed by atoms with Crippen LogP contribution in [0.15, 0.2) is 84.9 Å². The number of anilines is 2. The van der Waals surface area contributed by atoms with Gasteiger partial charge in [-0.05, 0) is 44.0 Å². The highest BCUT2D eigenvalue weighted by Gasteiger charge is 2.19. The van der Waals surface area contributed by atoms with Crippen LogP contribution in [0.3, 0.4) is 0 Å². The Bertz CT molecular complexity index is 1300. The largest absolute Gasteiger partial charge is 0.322 e. The first-order valence-electron chi connectivity index (χ1n) is 11.6. The Morgan fingerprint density at radius 2 is 1.49 bits per heavy atom. The average Bonchev–Trinajstić information content (AvgIpc) is 3.29. The summed E-state index contributed by atoms with van der Waals surface area (Å²) in [6.45, 7) is 6.03. The molecule has 178 valence electrons. The summed E-state index contributed by atoms with van der Waals surface area (Å²) in [6.07, 6.45) is 0. The zero-order valence-electron chi connectivity index (χ0n) is 20.2. The number of hydrogen-bond acceptors (Lipinski definition) is 3. The van der Waals surface area contributed by atoms with Crippen molar-refractivity contribution in [2.45, 2.75) is 20.8 Å². The fourth-order valence-electron chi connectivity index (χ4n) is 3.87. The van der Waals surface area contributed by atoms with E-state index in [9.17, 15) is 9.59 Å². The number of carbonyl (C=O) groups is 2. The van der Waals surface area contributed by atoms with Crippen molar-refractivity contribution in [2.24, 2.45) is 0 Å². The van der Waals surface area contributed by atoms with E-state index in [1.807, 2.05) is 106 Å². The number of hydrogen-bond donors (Lipinski definition) is 2. The molecule has 0 spiro atoms. The Labute approximate surface area is 205 Å². The summed E-state index contributed by atoms with van der Waals surface area (Å²) >= 11 is 0. The van der Waals surface area contributed by atoms with Crippen LogP contribution in [0.25, 0.3) is 16.9 Å². The molecule has 0 radical (unpaired) electrons. The number of aromatic nitrogens is 2. The summed E-state index contributed by atoms with van der Waals surface area (Å²) in [6, 6.07) is 26.8. The molecule has 0 saturated carbocycles. The van der Waals surface area contributed by atoms with Crippen molar-refractivity contribution in [3.05, 3.63) is 96.1 Å². The third kappa shape index (κ3) is 5.58. The number of rotatable bonds is 7. The molecule has 3 aromatic carbocycles. The number of benzene rings is 3. The van der Waals surface area contributed by atoms with E-state index in [0.717, 1.165) is 33.8 Å². The Morgan fingerprint density at radius 3 is 2.11 bits per heavy atom. The molecule has 0 fully saturated rings. The second-order valence-electron chi connectivity index (χ2n) is 8.29. The second kappa shape index (κ2) is 10.7. The lowest BCUT2D eigenvalue weighted by atomic mass is 10.1. The Balaban J connectivity index is 1.53. The predicted molar refractivity (Wildman–Crippen MR) is 140 cm³/mol. The van der Waals surface area contributed by atoms with Gasteiger partial charge in [-0.25, -0.2) is 9.48 Å². The number of aryl methyl sites for hydroxylation is 2. The molecule has 4 rings (SSSR count). The molecule has 0 saturated heterocycles. The van der Waals surface area contributed by atoms with Crippen molar-refractivity contribution in [3.63, 3.8) is 0 Å². The van der Waals surface area contributed by atoms with Gasteiger partial charge in [0.25, 0.3) is 0 Å². The summed E-state index contributed by atoms with van der Waals surface area (Å²) < 4.78 is 1.70. The van der Waals surface area contributed by atoms with Crippen LogP contribution in [0.1, 0.15) is 18.1 Å². The summed E-state index contributed by atoms with van der Waals surface area (Å²) in [4.78, 5) is 27.4. The van der Waals surface area contributed by atoms with E-state index in [4.69, 9.17) is 5.10 Å². The van der Waals surface area contributed by atoms with E-state index >= 15 is 0 Å². The molecule has 0 unspecified atom stereocenters. The van der Waals surface area contributed by atoms with Gasteiger partial charge in [-0.3, -0.25) is 4.79 Å². The SMILES string of the molecule is CCN(CC(=O)Nc1cc(-c2ccccc2)nn1-c1ccccc1)C(=O)Nc1c(C)cccc1C. The van der Waals surface area contributed by atoms with Crippen molar-refractivity contribution in [1.29, 1.82) is 0 Å². The smallest absolute Gasteiger partial charge is 0.315 e. The second-order valence-corrected chi connectivity index (χ2v) is 8.29. The number of urea groups is 1. The Morgan fingerprint density at radius 1 is 0.857 bits per heavy atom. The van der Waals surface area contributed by atoms with Crippen molar-refractivity contribution in [2.75, 3.05) is 23.7 Å². The minimum Gasteiger partial charge on any atom is -0.315 e. The molecule has 3 amide bonds. The normalized spacial score (nSPS) is 10.6. The lowest BCUT2D eigenvalue weighted by molar-refractivity contribution is -0.116. The van der Waals surface area contributed by atoms with Crippen LogP contribution in [-0.4, -0.2) is 39.7 Å². The van der Waals surface area contributed by atoms with Crippen LogP contribution in [0.4, 0.5) is 16.3 Å². The minimum absolute atomic E-state index is 0.0894. The summed E-state index contributed by atoms with van der Waals surface area (Å²) in [5.74, 6) is 0.228. The summed E-state index contributed by atoms with van der Waals surface area (Å²) in [5, 5.41) is 10.6. The third-order valence-electron chi connectivity index (χ3n) is 5.76. The molecule has 0 aliphatic heterocycles. The molecule has 0 atom stereocenters. The molecular weight excluding hydrogens is 438 g/mol. The molecule has 1 aromatic heterocycles. The van der Waals surface area contributed by atoms with Gasteiger partial charge in [-0.15, -0.1) is 0 Å². The molecule has 35 heavy (non-hydrogen) atoms. The standard InChI is InChI=1S/C28H29N5O2/c1-4-32(28(35)30-27-20(2)12-11-13-21(27)3)19-26(34)29-25-18-24(22-14-7-5-8-15-22)31-33(25)23-16-9-6-10-17-23/h5-18H,4,19H2,1-3H3,(H,29,34)(H,30,35). The van der Waals surface area contributed by atoms with Crippen molar-refractivity contribution in [1.82, 2.24) is 14.7 Å². The van der Waals surface area contributed by atoms with Crippen LogP contribution >= 0.6 is 0 Å². The highest BCUT2D eigenvalue weighted by Crippen LogP contribution is 2.25. The van der Waals surface area contributed by atoms with E-state index in [-0.39, 0.29) is 18.5 Å². The van der Waals surface area contributed by atoms with Gasteiger partial charge in [-0.1, -0.05) is 66.7 Å². The Kier molecular flexibility index (Phi) is 7.26. The highest BCUT2D eigenvalue weighted by molar-refractivity contribution is 5.97. The lowest BCUT2D eigenvalue weighted by Gasteiger charge is -2.22. The van der Waals surface area contributed by atoms with Crippen molar-refractivity contribution < 1.29 is 9.59 Å². The number of carbonyl (C=O) groups excluding carboxylic acids is 2. The van der Waals surface area contributed by atoms with Crippen molar-refractivity contribution in [3.8, 4) is 16.9 Å². The number of likely N-dealkylation sites (N-methyl/N-ethyl adjacent to an activating group) is 1. The lowest BCUT2D eigenvalue weighted by Crippen LogP contribution is -2.40. The predicted octanol–water partition coefficient (Wildman–Crippen LogP) is 5.65. The number of nitrogens with zero attached hydrogens (tertiary/aromatic N) is 3. The van der Waals surface area contributed by atoms with Gasteiger partial charge in [0.05, 0.1) is 11.4 Å². The fourth-order valence-corrected chi connectivity index (χ4v) is 3.87. The molecule has 0 bridgehead atoms. The molecule has 7 heteroatoms. The highest BCUT2D eigenvalue weighted by atomic mass is 16.2. The zero-order valence-corrected chi connectivity index (χ0v) is 20.2. The molecular formula is C28H29N5O2. The van der Waals surface area contributed by atoms with E-state index in [1.165, 1.54) is 4.90 Å². The molecule has 1 heterocycles. The van der Waals surface area contributed by atoms with Crippen LogP contribution in [0, 0.1) is 13.8 Å². The molecule has 0 aliphatic carbocycles. The first-order valence-corrected chi connectivity index (χ1v) is 11.6. The summed E-state index contributed by atoms with van der Waals surface area (Å²) in [7, 11) is 0. The minimum atomic E-state index is -0.318. The van der Waals surface area contributed by atoms with E-state index < -0.39 is 0 Å². The molecule has 0 aliphatic rings. The van der Waals surface area contributed by atoms with Crippen LogP contribution in [0.5, 0.6) is 0 Å². The third-order valence-corrected chi connectivity index (χ3v) is 5.76. The van der Waals surface area contributed by atoms with Gasteiger partial charge in [0, 0.05) is 23.9 Å². The van der Waals surface area contributed by atoms with Gasteiger partial charge < -0.3 is 15.5 Å². The Hall–Kier alpha value is -4.39.